The average molecular weight is 423 g/mol. The summed E-state index contributed by atoms with van der Waals surface area (Å²) in [5.41, 5.74) is 7.98. The van der Waals surface area contributed by atoms with Gasteiger partial charge in [0.25, 0.3) is 5.91 Å². The highest BCUT2D eigenvalue weighted by molar-refractivity contribution is 7.21. The van der Waals surface area contributed by atoms with E-state index < -0.39 is 0 Å². The number of benzene rings is 2. The number of rotatable bonds is 4. The quantitative estimate of drug-likeness (QED) is 0.511. The number of methoxy groups -OCH3 is 2. The second kappa shape index (κ2) is 6.96. The molecule has 4 aromatic rings. The number of thiophene rings is 1. The van der Waals surface area contributed by atoms with Crippen molar-refractivity contribution in [1.82, 2.24) is 4.98 Å². The molecule has 1 aliphatic rings. The SMILES string of the molecule is COc1cc(NC(=O)c2sc3nc4cc5c(cc4cc3c2N)OCO5)cc(OC)c1. The summed E-state index contributed by atoms with van der Waals surface area (Å²) in [6.07, 6.45) is 0. The largest absolute Gasteiger partial charge is 0.497 e. The normalized spacial score (nSPS) is 12.3. The minimum Gasteiger partial charge on any atom is -0.497 e. The summed E-state index contributed by atoms with van der Waals surface area (Å²) in [5, 5.41) is 4.43. The Hall–Kier alpha value is -3.72. The fraction of sp³-hybridized carbons (Fsp3) is 0.143. The lowest BCUT2D eigenvalue weighted by Crippen LogP contribution is -2.12. The summed E-state index contributed by atoms with van der Waals surface area (Å²) < 4.78 is 21.4. The van der Waals surface area contributed by atoms with Crippen molar-refractivity contribution in [3.63, 3.8) is 0 Å². The van der Waals surface area contributed by atoms with Crippen LogP contribution in [0, 0.1) is 0 Å². The molecule has 0 unspecified atom stereocenters. The zero-order valence-electron chi connectivity index (χ0n) is 16.1. The predicted molar refractivity (Wildman–Crippen MR) is 115 cm³/mol. The Morgan fingerprint density at radius 1 is 1.07 bits per heavy atom. The highest BCUT2D eigenvalue weighted by atomic mass is 32.1. The van der Waals surface area contributed by atoms with Crippen LogP contribution in [0.2, 0.25) is 0 Å². The fourth-order valence-electron chi connectivity index (χ4n) is 3.33. The van der Waals surface area contributed by atoms with Gasteiger partial charge < -0.3 is 30.0 Å². The van der Waals surface area contributed by atoms with E-state index in [-0.39, 0.29) is 12.7 Å². The van der Waals surface area contributed by atoms with Crippen molar-refractivity contribution >= 4 is 49.7 Å². The van der Waals surface area contributed by atoms with E-state index in [0.717, 1.165) is 16.3 Å². The molecule has 152 valence electrons. The molecule has 8 nitrogen and oxygen atoms in total. The molecular weight excluding hydrogens is 406 g/mol. The Bertz CT molecular complexity index is 1300. The molecule has 2 aromatic heterocycles. The minimum atomic E-state index is -0.330. The molecule has 0 atom stereocenters. The van der Waals surface area contributed by atoms with Gasteiger partial charge in [-0.3, -0.25) is 4.79 Å². The molecule has 30 heavy (non-hydrogen) atoms. The van der Waals surface area contributed by atoms with E-state index >= 15 is 0 Å². The second-order valence-electron chi connectivity index (χ2n) is 6.64. The lowest BCUT2D eigenvalue weighted by molar-refractivity contribution is 0.103. The molecule has 1 amide bonds. The van der Waals surface area contributed by atoms with Crippen molar-refractivity contribution < 1.29 is 23.7 Å². The topological polar surface area (TPSA) is 105 Å². The number of nitrogens with zero attached hydrogens (tertiary/aromatic N) is 1. The number of nitrogen functional groups attached to an aromatic ring is 1. The van der Waals surface area contributed by atoms with Gasteiger partial charge in [0, 0.05) is 40.7 Å². The lowest BCUT2D eigenvalue weighted by Gasteiger charge is -2.09. The maximum absolute atomic E-state index is 12.9. The Kier molecular flexibility index (Phi) is 4.25. The van der Waals surface area contributed by atoms with Crippen LogP contribution in [0.15, 0.2) is 36.4 Å². The minimum absolute atomic E-state index is 0.196. The van der Waals surface area contributed by atoms with Crippen LogP contribution in [0.1, 0.15) is 9.67 Å². The van der Waals surface area contributed by atoms with Crippen LogP contribution in [0.25, 0.3) is 21.1 Å². The van der Waals surface area contributed by atoms with Gasteiger partial charge in [0.2, 0.25) is 6.79 Å². The number of pyridine rings is 1. The summed E-state index contributed by atoms with van der Waals surface area (Å²) >= 11 is 1.24. The standard InChI is InChI=1S/C21H17N3O5S/c1-26-12-5-11(6-13(7-12)27-2)23-20(25)19-18(22)14-3-10-4-16-17(29-9-28-16)8-15(10)24-21(14)30-19/h3-8H,9,22H2,1-2H3,(H,23,25). The van der Waals surface area contributed by atoms with Crippen LogP contribution in [0.5, 0.6) is 23.0 Å². The summed E-state index contributed by atoms with van der Waals surface area (Å²) in [4.78, 5) is 18.7. The van der Waals surface area contributed by atoms with Crippen LogP contribution < -0.4 is 30.0 Å². The van der Waals surface area contributed by atoms with Crippen LogP contribution in [0.4, 0.5) is 11.4 Å². The monoisotopic (exact) mass is 423 g/mol. The summed E-state index contributed by atoms with van der Waals surface area (Å²) in [7, 11) is 3.10. The lowest BCUT2D eigenvalue weighted by atomic mass is 10.1. The Balaban J connectivity index is 1.53. The molecule has 0 saturated carbocycles. The van der Waals surface area contributed by atoms with Gasteiger partial charge in [-0.15, -0.1) is 11.3 Å². The molecule has 3 heterocycles. The number of nitrogens with one attached hydrogen (secondary N) is 1. The van der Waals surface area contributed by atoms with Crippen molar-refractivity contribution in [2.24, 2.45) is 0 Å². The maximum atomic E-state index is 12.9. The number of nitrogens with two attached hydrogens (primary N) is 1. The molecule has 5 rings (SSSR count). The fourth-order valence-corrected chi connectivity index (χ4v) is 4.31. The maximum Gasteiger partial charge on any atom is 0.267 e. The number of amides is 1. The van der Waals surface area contributed by atoms with Gasteiger partial charge in [0.15, 0.2) is 11.5 Å². The summed E-state index contributed by atoms with van der Waals surface area (Å²) in [5.74, 6) is 2.13. The molecule has 0 radical (unpaired) electrons. The Labute approximate surface area is 175 Å². The van der Waals surface area contributed by atoms with Crippen LogP contribution in [0.3, 0.4) is 0 Å². The van der Waals surface area contributed by atoms with Gasteiger partial charge in [-0.2, -0.15) is 0 Å². The third-order valence-corrected chi connectivity index (χ3v) is 5.94. The van der Waals surface area contributed by atoms with E-state index in [0.29, 0.717) is 44.1 Å². The smallest absolute Gasteiger partial charge is 0.267 e. The van der Waals surface area contributed by atoms with Crippen molar-refractivity contribution in [2.75, 3.05) is 32.1 Å². The Morgan fingerprint density at radius 3 is 2.47 bits per heavy atom. The summed E-state index contributed by atoms with van der Waals surface area (Å²) in [6.45, 7) is 0.196. The van der Waals surface area contributed by atoms with Gasteiger partial charge in [-0.1, -0.05) is 0 Å². The molecule has 1 aliphatic heterocycles. The van der Waals surface area contributed by atoms with E-state index in [1.54, 1.807) is 32.4 Å². The summed E-state index contributed by atoms with van der Waals surface area (Å²) in [6, 6.07) is 10.7. The molecule has 3 N–H and O–H groups in total. The molecular formula is C21H17N3O5S. The molecule has 0 bridgehead atoms. The van der Waals surface area contributed by atoms with Crippen LogP contribution in [-0.2, 0) is 0 Å². The van der Waals surface area contributed by atoms with Crippen molar-refractivity contribution in [3.8, 4) is 23.0 Å². The molecule has 9 heteroatoms. The highest BCUT2D eigenvalue weighted by Gasteiger charge is 2.20. The van der Waals surface area contributed by atoms with E-state index in [1.165, 1.54) is 11.3 Å². The van der Waals surface area contributed by atoms with Gasteiger partial charge in [0.1, 0.15) is 21.2 Å². The van der Waals surface area contributed by atoms with Gasteiger partial charge in [-0.25, -0.2) is 4.98 Å². The van der Waals surface area contributed by atoms with Gasteiger partial charge >= 0.3 is 0 Å². The van der Waals surface area contributed by atoms with Crippen LogP contribution in [-0.4, -0.2) is 31.9 Å². The first-order valence-corrected chi connectivity index (χ1v) is 9.84. The first kappa shape index (κ1) is 18.3. The molecule has 0 saturated heterocycles. The first-order valence-electron chi connectivity index (χ1n) is 9.02. The molecule has 2 aromatic carbocycles. The highest BCUT2D eigenvalue weighted by Crippen LogP contribution is 2.40. The predicted octanol–water partition coefficient (Wildman–Crippen LogP) is 4.03. The Morgan fingerprint density at radius 2 is 1.77 bits per heavy atom. The van der Waals surface area contributed by atoms with E-state index in [4.69, 9.17) is 24.7 Å². The van der Waals surface area contributed by atoms with Gasteiger partial charge in [0.05, 0.1) is 25.4 Å². The number of ether oxygens (including phenoxy) is 4. The number of hydrogen-bond donors (Lipinski definition) is 2. The molecule has 0 fully saturated rings. The van der Waals surface area contributed by atoms with Crippen LogP contribution >= 0.6 is 11.3 Å². The number of hydrogen-bond acceptors (Lipinski definition) is 8. The molecule has 0 spiro atoms. The third-order valence-electron chi connectivity index (χ3n) is 4.82. The average Bonchev–Trinajstić information content (AvgIpc) is 3.34. The van der Waals surface area contributed by atoms with Gasteiger partial charge in [-0.05, 0) is 12.1 Å². The first-order chi connectivity index (χ1) is 14.6. The number of carbonyl (C=O) groups is 1. The van der Waals surface area contributed by atoms with E-state index in [2.05, 4.69) is 10.3 Å². The van der Waals surface area contributed by atoms with Crippen molar-refractivity contribution in [1.29, 1.82) is 0 Å². The molecule has 0 aliphatic carbocycles. The number of fused-ring (bicyclic) bond motifs is 3. The van der Waals surface area contributed by atoms with Crippen molar-refractivity contribution in [2.45, 2.75) is 0 Å². The van der Waals surface area contributed by atoms with Crippen molar-refractivity contribution in [3.05, 3.63) is 41.3 Å². The van der Waals surface area contributed by atoms with E-state index in [1.807, 2.05) is 18.2 Å². The third kappa shape index (κ3) is 3.00. The number of anilines is 2. The number of carbonyl (C=O) groups excluding carboxylic acids is 1. The second-order valence-corrected chi connectivity index (χ2v) is 7.64. The van der Waals surface area contributed by atoms with E-state index in [9.17, 15) is 4.79 Å². The number of aromatic nitrogens is 1. The zero-order valence-corrected chi connectivity index (χ0v) is 17.0. The zero-order chi connectivity index (χ0) is 20.8.